The van der Waals surface area contributed by atoms with Crippen LogP contribution in [0.4, 0.5) is 0 Å². The van der Waals surface area contributed by atoms with Crippen molar-refractivity contribution in [1.29, 1.82) is 0 Å². The molecule has 0 aliphatic heterocycles. The Hall–Kier alpha value is -4.70. The highest BCUT2D eigenvalue weighted by Crippen LogP contribution is 2.29. The van der Waals surface area contributed by atoms with E-state index in [-0.39, 0.29) is 0 Å². The molecule has 34 heavy (non-hydrogen) atoms. The number of carboxylic acid groups (broad SMARTS) is 2. The number of fused-ring (bicyclic) bond motifs is 4. The summed E-state index contributed by atoms with van der Waals surface area (Å²) < 4.78 is 0. The first-order valence-corrected chi connectivity index (χ1v) is 10.8. The fraction of sp³-hybridized carbons (Fsp3) is 0. The third kappa shape index (κ3) is 3.71. The second kappa shape index (κ2) is 8.68. The third-order valence-electron chi connectivity index (χ3n) is 5.97. The molecule has 0 fully saturated rings. The fourth-order valence-electron chi connectivity index (χ4n) is 4.49. The van der Waals surface area contributed by atoms with Gasteiger partial charge in [0.25, 0.3) is 0 Å². The zero-order chi connectivity index (χ0) is 23.7. The molecule has 4 nitrogen and oxygen atoms in total. The van der Waals surface area contributed by atoms with Gasteiger partial charge >= 0.3 is 11.9 Å². The van der Waals surface area contributed by atoms with Gasteiger partial charge in [-0.25, -0.2) is 9.59 Å². The number of carboxylic acids is 2. The van der Waals surface area contributed by atoms with E-state index >= 15 is 0 Å². The Kier molecular flexibility index (Phi) is 5.40. The Balaban J connectivity index is 0.000000142. The Morgan fingerprint density at radius 2 is 0.647 bits per heavy atom. The normalized spacial score (nSPS) is 10.8. The van der Waals surface area contributed by atoms with Gasteiger partial charge in [0, 0.05) is 0 Å². The summed E-state index contributed by atoms with van der Waals surface area (Å²) in [7, 11) is 0. The quantitative estimate of drug-likeness (QED) is 0.273. The van der Waals surface area contributed by atoms with Crippen LogP contribution in [0.1, 0.15) is 20.7 Å². The lowest BCUT2D eigenvalue weighted by Crippen LogP contribution is -1.99. The third-order valence-corrected chi connectivity index (χ3v) is 5.97. The van der Waals surface area contributed by atoms with Crippen molar-refractivity contribution in [3.63, 3.8) is 0 Å². The zero-order valence-corrected chi connectivity index (χ0v) is 18.1. The number of hydrogen-bond donors (Lipinski definition) is 2. The minimum absolute atomic E-state index is 0.388. The molecule has 0 atom stereocenters. The van der Waals surface area contributed by atoms with Crippen LogP contribution in [0.15, 0.2) is 109 Å². The lowest BCUT2D eigenvalue weighted by atomic mass is 9.97. The molecule has 0 heterocycles. The van der Waals surface area contributed by atoms with Gasteiger partial charge in [-0.2, -0.15) is 0 Å². The Morgan fingerprint density at radius 3 is 0.882 bits per heavy atom. The lowest BCUT2D eigenvalue weighted by Gasteiger charge is -2.07. The van der Waals surface area contributed by atoms with Crippen LogP contribution >= 0.6 is 0 Å². The first kappa shape index (κ1) is 21.2. The molecule has 0 radical (unpaired) electrons. The zero-order valence-electron chi connectivity index (χ0n) is 18.1. The van der Waals surface area contributed by atoms with Crippen molar-refractivity contribution in [2.24, 2.45) is 0 Å². The van der Waals surface area contributed by atoms with Gasteiger partial charge in [-0.1, -0.05) is 97.1 Å². The predicted molar refractivity (Wildman–Crippen MR) is 137 cm³/mol. The Bertz CT molecular complexity index is 1480. The summed E-state index contributed by atoms with van der Waals surface area (Å²) >= 11 is 0. The smallest absolute Gasteiger partial charge is 0.336 e. The second-order valence-corrected chi connectivity index (χ2v) is 8.00. The molecular weight excluding hydrogens is 424 g/mol. The highest BCUT2D eigenvalue weighted by Gasteiger charge is 2.14. The summed E-state index contributed by atoms with van der Waals surface area (Å²) in [6.45, 7) is 0. The van der Waals surface area contributed by atoms with E-state index in [2.05, 4.69) is 0 Å². The second-order valence-electron chi connectivity index (χ2n) is 8.00. The maximum atomic E-state index is 11.4. The summed E-state index contributed by atoms with van der Waals surface area (Å²) in [5.74, 6) is -1.75. The monoisotopic (exact) mass is 444 g/mol. The van der Waals surface area contributed by atoms with E-state index in [9.17, 15) is 19.8 Å². The molecule has 0 amide bonds. The standard InChI is InChI=1S/2C15H10O2/c2*16-15(17)14-12-7-3-1-5-10(12)9-11-6-2-4-8-13(11)14/h2*1-9H,(H,16,17). The number of aromatic carboxylic acids is 2. The van der Waals surface area contributed by atoms with Crippen LogP contribution in [0.25, 0.3) is 43.1 Å². The average molecular weight is 444 g/mol. The average Bonchev–Trinajstić information content (AvgIpc) is 2.85. The van der Waals surface area contributed by atoms with Crippen molar-refractivity contribution in [3.05, 3.63) is 120 Å². The van der Waals surface area contributed by atoms with Crippen molar-refractivity contribution in [2.75, 3.05) is 0 Å². The minimum Gasteiger partial charge on any atom is -0.478 e. The van der Waals surface area contributed by atoms with E-state index in [0.717, 1.165) is 43.1 Å². The topological polar surface area (TPSA) is 74.6 Å². The van der Waals surface area contributed by atoms with Crippen molar-refractivity contribution in [3.8, 4) is 0 Å². The highest BCUT2D eigenvalue weighted by molar-refractivity contribution is 6.17. The van der Waals surface area contributed by atoms with E-state index in [1.54, 1.807) is 0 Å². The van der Waals surface area contributed by atoms with Gasteiger partial charge in [-0.15, -0.1) is 0 Å². The molecular formula is C30H20O4. The molecule has 4 heteroatoms. The summed E-state index contributed by atoms with van der Waals surface area (Å²) in [5, 5.41) is 25.8. The minimum atomic E-state index is -0.877. The van der Waals surface area contributed by atoms with Gasteiger partial charge < -0.3 is 10.2 Å². The molecule has 0 spiro atoms. The molecule has 0 aliphatic rings. The number of rotatable bonds is 2. The molecule has 2 N–H and O–H groups in total. The van der Waals surface area contributed by atoms with Crippen LogP contribution < -0.4 is 0 Å². The summed E-state index contributed by atoms with van der Waals surface area (Å²) in [4.78, 5) is 22.9. The van der Waals surface area contributed by atoms with Crippen molar-refractivity contribution in [2.45, 2.75) is 0 Å². The molecule has 6 aromatic rings. The number of benzene rings is 6. The predicted octanol–water partition coefficient (Wildman–Crippen LogP) is 7.38. The first-order chi connectivity index (χ1) is 16.5. The summed E-state index contributed by atoms with van der Waals surface area (Å²) in [5.41, 5.74) is 0.775. The van der Waals surface area contributed by atoms with Crippen LogP contribution in [0.5, 0.6) is 0 Å². The van der Waals surface area contributed by atoms with Crippen LogP contribution in [0, 0.1) is 0 Å². The maximum absolute atomic E-state index is 11.4. The maximum Gasteiger partial charge on any atom is 0.336 e. The number of carbonyl (C=O) groups is 2. The fourth-order valence-corrected chi connectivity index (χ4v) is 4.49. The lowest BCUT2D eigenvalue weighted by molar-refractivity contribution is 0.0690. The van der Waals surface area contributed by atoms with E-state index in [0.29, 0.717) is 11.1 Å². The van der Waals surface area contributed by atoms with Crippen LogP contribution in [-0.2, 0) is 0 Å². The first-order valence-electron chi connectivity index (χ1n) is 10.8. The summed E-state index contributed by atoms with van der Waals surface area (Å²) in [6.07, 6.45) is 0. The van der Waals surface area contributed by atoms with Crippen molar-refractivity contribution < 1.29 is 19.8 Å². The van der Waals surface area contributed by atoms with Gasteiger partial charge in [0.15, 0.2) is 0 Å². The molecule has 0 aromatic heterocycles. The Labute approximate surface area is 195 Å². The largest absolute Gasteiger partial charge is 0.478 e. The molecule has 0 aliphatic carbocycles. The van der Waals surface area contributed by atoms with E-state index < -0.39 is 11.9 Å². The molecule has 0 saturated carbocycles. The SMILES string of the molecule is O=C(O)c1c2ccccc2cc2ccccc12.O=C(O)c1c2ccccc2cc2ccccc12. The highest BCUT2D eigenvalue weighted by atomic mass is 16.4. The van der Waals surface area contributed by atoms with Crippen LogP contribution in [0.3, 0.4) is 0 Å². The van der Waals surface area contributed by atoms with Crippen molar-refractivity contribution >= 4 is 55.0 Å². The summed E-state index contributed by atoms with van der Waals surface area (Å²) in [6, 6.07) is 34.4. The van der Waals surface area contributed by atoms with Gasteiger partial charge in [0.2, 0.25) is 0 Å². The number of hydrogen-bond acceptors (Lipinski definition) is 2. The van der Waals surface area contributed by atoms with Gasteiger partial charge in [-0.05, 0) is 55.2 Å². The molecule has 0 bridgehead atoms. The van der Waals surface area contributed by atoms with Crippen LogP contribution in [0.2, 0.25) is 0 Å². The van der Waals surface area contributed by atoms with Crippen molar-refractivity contribution in [1.82, 2.24) is 0 Å². The molecule has 0 saturated heterocycles. The Morgan fingerprint density at radius 1 is 0.412 bits per heavy atom. The van der Waals surface area contributed by atoms with E-state index in [1.165, 1.54) is 0 Å². The van der Waals surface area contributed by atoms with E-state index in [1.807, 2.05) is 109 Å². The van der Waals surface area contributed by atoms with Crippen LogP contribution in [-0.4, -0.2) is 22.2 Å². The molecule has 164 valence electrons. The van der Waals surface area contributed by atoms with Gasteiger partial charge in [0.1, 0.15) is 0 Å². The van der Waals surface area contributed by atoms with E-state index in [4.69, 9.17) is 0 Å². The molecule has 6 rings (SSSR count). The molecule has 0 unspecified atom stereocenters. The van der Waals surface area contributed by atoms with Gasteiger partial charge in [0.05, 0.1) is 11.1 Å². The van der Waals surface area contributed by atoms with Gasteiger partial charge in [-0.3, -0.25) is 0 Å². The molecule has 6 aromatic carbocycles.